The maximum Gasteiger partial charge on any atom is 0.356 e. The number of ether oxygens (including phenoxy) is 1. The van der Waals surface area contributed by atoms with E-state index in [1.165, 1.54) is 18.0 Å². The van der Waals surface area contributed by atoms with Gasteiger partial charge in [0.2, 0.25) is 0 Å². The Kier molecular flexibility index (Phi) is 2.97. The lowest BCUT2D eigenvalue weighted by Gasteiger charge is -2.06. The van der Waals surface area contributed by atoms with Crippen molar-refractivity contribution in [3.8, 4) is 5.82 Å². The normalized spacial score (nSPS) is 10.2. The van der Waals surface area contributed by atoms with E-state index in [1.807, 2.05) is 0 Å². The lowest BCUT2D eigenvalue weighted by atomic mass is 10.4. The summed E-state index contributed by atoms with van der Waals surface area (Å²) in [7, 11) is 1.23. The van der Waals surface area contributed by atoms with Crippen molar-refractivity contribution in [2.24, 2.45) is 0 Å². The van der Waals surface area contributed by atoms with Gasteiger partial charge in [-0.05, 0) is 12.1 Å². The van der Waals surface area contributed by atoms with Gasteiger partial charge in [-0.2, -0.15) is 0 Å². The van der Waals surface area contributed by atoms with Gasteiger partial charge in [0.15, 0.2) is 11.5 Å². The van der Waals surface area contributed by atoms with Gasteiger partial charge < -0.3 is 4.74 Å². The number of hydrogen-bond acceptors (Lipinski definition) is 4. The molecule has 0 saturated carbocycles. The molecule has 2 aromatic rings. The van der Waals surface area contributed by atoms with Crippen LogP contribution >= 0.6 is 11.6 Å². The molecule has 17 heavy (non-hydrogen) atoms. The molecule has 0 spiro atoms. The van der Waals surface area contributed by atoms with E-state index in [0.717, 1.165) is 6.07 Å². The van der Waals surface area contributed by atoms with E-state index < -0.39 is 11.5 Å². The number of rotatable bonds is 2. The molecule has 0 aliphatic heterocycles. The van der Waals surface area contributed by atoms with Gasteiger partial charge in [-0.3, -0.25) is 9.89 Å². The van der Waals surface area contributed by atoms with Gasteiger partial charge in [-0.15, -0.1) is 0 Å². The second-order valence-corrected chi connectivity index (χ2v) is 3.55. The van der Waals surface area contributed by atoms with Crippen LogP contribution < -0.4 is 5.56 Å². The number of aromatic nitrogens is 3. The van der Waals surface area contributed by atoms with Crippen LogP contribution in [0.4, 0.5) is 0 Å². The second kappa shape index (κ2) is 4.42. The lowest BCUT2D eigenvalue weighted by Crippen LogP contribution is -2.12. The van der Waals surface area contributed by atoms with Crippen LogP contribution in [0, 0.1) is 0 Å². The third-order valence-electron chi connectivity index (χ3n) is 2.08. The number of carbonyl (C=O) groups is 1. The minimum Gasteiger partial charge on any atom is -0.464 e. The summed E-state index contributed by atoms with van der Waals surface area (Å²) >= 11 is 5.93. The summed E-state index contributed by atoms with van der Waals surface area (Å²) in [4.78, 5) is 26.7. The van der Waals surface area contributed by atoms with Gasteiger partial charge in [0, 0.05) is 12.3 Å². The first-order chi connectivity index (χ1) is 8.13. The maximum atomic E-state index is 11.5. The van der Waals surface area contributed by atoms with E-state index >= 15 is 0 Å². The molecule has 2 aromatic heterocycles. The highest BCUT2D eigenvalue weighted by Crippen LogP contribution is 2.17. The number of methoxy groups -OCH3 is 1. The Labute approximate surface area is 101 Å². The minimum atomic E-state index is -0.648. The number of nitrogens with zero attached hydrogens (tertiary/aromatic N) is 2. The number of esters is 1. The first-order valence-corrected chi connectivity index (χ1v) is 5.02. The summed E-state index contributed by atoms with van der Waals surface area (Å²) in [6, 6.07) is 4.37. The van der Waals surface area contributed by atoms with Crippen LogP contribution in [0.5, 0.6) is 0 Å². The molecule has 0 radical (unpaired) electrons. The number of carbonyl (C=O) groups excluding carboxylic acids is 1. The van der Waals surface area contributed by atoms with Gasteiger partial charge in [0.25, 0.3) is 5.56 Å². The molecule has 0 atom stereocenters. The molecule has 0 aliphatic carbocycles. The summed E-state index contributed by atoms with van der Waals surface area (Å²) in [5, 5.41) is 2.74. The fourth-order valence-corrected chi connectivity index (χ4v) is 1.56. The van der Waals surface area contributed by atoms with Crippen molar-refractivity contribution in [2.75, 3.05) is 7.11 Å². The van der Waals surface area contributed by atoms with E-state index in [1.54, 1.807) is 12.1 Å². The Balaban J connectivity index is 2.64. The van der Waals surface area contributed by atoms with Crippen molar-refractivity contribution in [3.05, 3.63) is 45.5 Å². The summed E-state index contributed by atoms with van der Waals surface area (Å²) in [6.07, 6.45) is 1.50. The van der Waals surface area contributed by atoms with Gasteiger partial charge in [0.1, 0.15) is 0 Å². The Hall–Kier alpha value is -2.08. The third-order valence-corrected chi connectivity index (χ3v) is 2.37. The zero-order valence-electron chi connectivity index (χ0n) is 8.81. The fraction of sp³-hybridized carbons (Fsp3) is 0.100. The third kappa shape index (κ3) is 2.07. The molecule has 1 N–H and O–H groups in total. The first kappa shape index (κ1) is 11.4. The first-order valence-electron chi connectivity index (χ1n) is 4.64. The highest BCUT2D eigenvalue weighted by Gasteiger charge is 2.17. The summed E-state index contributed by atoms with van der Waals surface area (Å²) in [6.45, 7) is 0. The van der Waals surface area contributed by atoms with Crippen molar-refractivity contribution in [3.63, 3.8) is 0 Å². The lowest BCUT2D eigenvalue weighted by molar-refractivity contribution is 0.0590. The predicted molar refractivity (Wildman–Crippen MR) is 60.5 cm³/mol. The largest absolute Gasteiger partial charge is 0.464 e. The highest BCUT2D eigenvalue weighted by molar-refractivity contribution is 6.32. The number of halogens is 1. The van der Waals surface area contributed by atoms with Crippen LogP contribution in [-0.4, -0.2) is 27.8 Å². The number of nitrogens with one attached hydrogen (secondary N) is 1. The van der Waals surface area contributed by atoms with Crippen molar-refractivity contribution < 1.29 is 9.53 Å². The van der Waals surface area contributed by atoms with E-state index in [2.05, 4.69) is 14.8 Å². The van der Waals surface area contributed by atoms with Crippen molar-refractivity contribution in [1.29, 1.82) is 0 Å². The molecule has 0 unspecified atom stereocenters. The molecule has 2 heterocycles. The van der Waals surface area contributed by atoms with Crippen LogP contribution in [0.25, 0.3) is 5.82 Å². The minimum absolute atomic E-state index is 0.0399. The van der Waals surface area contributed by atoms with Crippen molar-refractivity contribution >= 4 is 17.6 Å². The maximum absolute atomic E-state index is 11.5. The average Bonchev–Trinajstić information content (AvgIpc) is 2.71. The molecular formula is C10H8ClN3O3. The van der Waals surface area contributed by atoms with E-state index in [4.69, 9.17) is 11.6 Å². The summed E-state index contributed by atoms with van der Waals surface area (Å²) in [5.74, 6) is -0.387. The second-order valence-electron chi connectivity index (χ2n) is 3.14. The van der Waals surface area contributed by atoms with Crippen LogP contribution in [0.15, 0.2) is 29.2 Å². The van der Waals surface area contributed by atoms with E-state index in [0.29, 0.717) is 5.02 Å². The standard InChI is InChI=1S/C10H8ClN3O3/c1-17-10(16)7-5-8(15)13-14(7)9-6(11)3-2-4-12-9/h2-5H,1H3,(H,13,15). The molecular weight excluding hydrogens is 246 g/mol. The molecule has 0 amide bonds. The smallest absolute Gasteiger partial charge is 0.356 e. The summed E-state index contributed by atoms with van der Waals surface area (Å²) < 4.78 is 5.75. The van der Waals surface area contributed by atoms with Gasteiger partial charge >= 0.3 is 5.97 Å². The molecule has 0 bridgehead atoms. The number of hydrogen-bond donors (Lipinski definition) is 1. The van der Waals surface area contributed by atoms with Crippen molar-refractivity contribution in [1.82, 2.24) is 14.8 Å². The van der Waals surface area contributed by atoms with Crippen molar-refractivity contribution in [2.45, 2.75) is 0 Å². The molecule has 88 valence electrons. The monoisotopic (exact) mass is 253 g/mol. The highest BCUT2D eigenvalue weighted by atomic mass is 35.5. The van der Waals surface area contributed by atoms with E-state index in [9.17, 15) is 9.59 Å². The zero-order valence-corrected chi connectivity index (χ0v) is 9.56. The Morgan fingerprint density at radius 3 is 3.00 bits per heavy atom. The van der Waals surface area contributed by atoms with Crippen LogP contribution in [0.3, 0.4) is 0 Å². The van der Waals surface area contributed by atoms with Gasteiger partial charge in [0.05, 0.1) is 12.1 Å². The quantitative estimate of drug-likeness (QED) is 0.810. The Morgan fingerprint density at radius 2 is 2.35 bits per heavy atom. The number of pyridine rings is 1. The molecule has 7 heteroatoms. The van der Waals surface area contributed by atoms with Gasteiger partial charge in [-0.25, -0.2) is 14.5 Å². The Bertz CT molecular complexity index is 617. The van der Waals surface area contributed by atoms with Gasteiger partial charge in [-0.1, -0.05) is 11.6 Å². The summed E-state index contributed by atoms with van der Waals surface area (Å²) in [5.41, 5.74) is -0.398. The SMILES string of the molecule is COC(=O)c1cc(=O)[nH]n1-c1ncccc1Cl. The fourth-order valence-electron chi connectivity index (χ4n) is 1.36. The van der Waals surface area contributed by atoms with Crippen LogP contribution in [0.2, 0.25) is 5.02 Å². The van der Waals surface area contributed by atoms with Crippen LogP contribution in [0.1, 0.15) is 10.5 Å². The molecule has 0 aromatic carbocycles. The number of H-pyrrole nitrogens is 1. The van der Waals surface area contributed by atoms with Crippen LogP contribution in [-0.2, 0) is 4.74 Å². The average molecular weight is 254 g/mol. The Morgan fingerprint density at radius 1 is 1.59 bits per heavy atom. The predicted octanol–water partition coefficient (Wildman–Crippen LogP) is 1.00. The molecule has 0 fully saturated rings. The number of aromatic amines is 1. The molecule has 0 saturated heterocycles. The topological polar surface area (TPSA) is 77.0 Å². The molecule has 0 aliphatic rings. The molecule has 2 rings (SSSR count). The zero-order chi connectivity index (χ0) is 12.4. The molecule has 6 nitrogen and oxygen atoms in total. The van der Waals surface area contributed by atoms with E-state index in [-0.39, 0.29) is 11.5 Å².